The molecule has 1 aromatic rings. The molecular formula is C11H15N3O2. The van der Waals surface area contributed by atoms with Crippen LogP contribution in [-0.2, 0) is 0 Å². The molecule has 0 unspecified atom stereocenters. The normalized spacial score (nSPS) is 16.2. The van der Waals surface area contributed by atoms with Crippen LogP contribution in [0, 0.1) is 0 Å². The molecule has 0 radical (unpaired) electrons. The Bertz CT molecular complexity index is 387. The number of benzene rings is 1. The maximum atomic E-state index is 10.9. The number of nitrogens with zero attached hydrogens (tertiary/aromatic N) is 2. The van der Waals surface area contributed by atoms with Crippen LogP contribution in [0.4, 0.5) is 10.5 Å². The molecule has 5 nitrogen and oxygen atoms in total. The second-order valence-corrected chi connectivity index (χ2v) is 3.83. The molecule has 2 amide bonds. The summed E-state index contributed by atoms with van der Waals surface area (Å²) < 4.78 is 0. The summed E-state index contributed by atoms with van der Waals surface area (Å²) in [6, 6.07) is 6.75. The largest absolute Gasteiger partial charge is 0.508 e. The van der Waals surface area contributed by atoms with Crippen LogP contribution in [0.5, 0.6) is 5.75 Å². The van der Waals surface area contributed by atoms with Gasteiger partial charge in [-0.3, -0.25) is 0 Å². The molecular weight excluding hydrogens is 206 g/mol. The van der Waals surface area contributed by atoms with Gasteiger partial charge in [0.15, 0.2) is 0 Å². The van der Waals surface area contributed by atoms with Gasteiger partial charge in [0.05, 0.1) is 0 Å². The van der Waals surface area contributed by atoms with E-state index in [-0.39, 0.29) is 11.8 Å². The maximum Gasteiger partial charge on any atom is 0.314 e. The predicted molar refractivity (Wildman–Crippen MR) is 61.5 cm³/mol. The van der Waals surface area contributed by atoms with Crippen LogP contribution < -0.4 is 10.6 Å². The monoisotopic (exact) mass is 221 g/mol. The first kappa shape index (κ1) is 10.6. The third-order valence-electron chi connectivity index (χ3n) is 2.79. The maximum absolute atomic E-state index is 10.9. The predicted octanol–water partition coefficient (Wildman–Crippen LogP) is 0.593. The van der Waals surface area contributed by atoms with Gasteiger partial charge in [0.2, 0.25) is 0 Å². The molecule has 0 aromatic heterocycles. The van der Waals surface area contributed by atoms with Gasteiger partial charge in [-0.1, -0.05) is 6.07 Å². The Morgan fingerprint density at radius 3 is 2.50 bits per heavy atom. The summed E-state index contributed by atoms with van der Waals surface area (Å²) >= 11 is 0. The molecule has 0 spiro atoms. The van der Waals surface area contributed by atoms with Crippen molar-refractivity contribution in [3.05, 3.63) is 24.3 Å². The van der Waals surface area contributed by atoms with Gasteiger partial charge in [0.25, 0.3) is 0 Å². The van der Waals surface area contributed by atoms with Crippen LogP contribution in [0.3, 0.4) is 0 Å². The molecule has 0 atom stereocenters. The molecule has 1 aliphatic rings. The van der Waals surface area contributed by atoms with E-state index in [0.29, 0.717) is 13.1 Å². The zero-order chi connectivity index (χ0) is 11.5. The number of piperazine rings is 1. The molecule has 86 valence electrons. The van der Waals surface area contributed by atoms with E-state index in [1.807, 2.05) is 12.1 Å². The number of anilines is 1. The number of primary amides is 1. The van der Waals surface area contributed by atoms with Crippen molar-refractivity contribution < 1.29 is 9.90 Å². The first-order chi connectivity index (χ1) is 7.66. The van der Waals surface area contributed by atoms with Gasteiger partial charge < -0.3 is 20.6 Å². The Balaban J connectivity index is 2.01. The lowest BCUT2D eigenvalue weighted by molar-refractivity contribution is 0.204. The molecule has 1 heterocycles. The lowest BCUT2D eigenvalue weighted by atomic mass is 10.2. The molecule has 2 rings (SSSR count). The second-order valence-electron chi connectivity index (χ2n) is 3.83. The zero-order valence-corrected chi connectivity index (χ0v) is 8.97. The van der Waals surface area contributed by atoms with Crippen LogP contribution >= 0.6 is 0 Å². The number of urea groups is 1. The highest BCUT2D eigenvalue weighted by Gasteiger charge is 2.19. The minimum absolute atomic E-state index is 0.259. The Morgan fingerprint density at radius 2 is 1.94 bits per heavy atom. The summed E-state index contributed by atoms with van der Waals surface area (Å²) in [4.78, 5) is 14.7. The van der Waals surface area contributed by atoms with Gasteiger partial charge in [-0.25, -0.2) is 4.79 Å². The summed E-state index contributed by atoms with van der Waals surface area (Å²) in [5, 5.41) is 9.37. The highest BCUT2D eigenvalue weighted by atomic mass is 16.3. The number of rotatable bonds is 1. The Morgan fingerprint density at radius 1 is 1.25 bits per heavy atom. The zero-order valence-electron chi connectivity index (χ0n) is 8.97. The first-order valence-corrected chi connectivity index (χ1v) is 5.25. The highest BCUT2D eigenvalue weighted by Crippen LogP contribution is 2.21. The Kier molecular flexibility index (Phi) is 2.85. The summed E-state index contributed by atoms with van der Waals surface area (Å²) in [7, 11) is 0. The van der Waals surface area contributed by atoms with Crippen LogP contribution in [0.15, 0.2) is 24.3 Å². The first-order valence-electron chi connectivity index (χ1n) is 5.25. The van der Waals surface area contributed by atoms with E-state index < -0.39 is 0 Å². The molecule has 5 heteroatoms. The number of phenolic OH excluding ortho intramolecular Hbond substituents is 1. The number of amides is 2. The average molecular weight is 221 g/mol. The van der Waals surface area contributed by atoms with Crippen molar-refractivity contribution in [3.63, 3.8) is 0 Å². The SMILES string of the molecule is NC(=O)N1CCN(c2cccc(O)c2)CC1. The summed E-state index contributed by atoms with van der Waals surface area (Å²) in [6.45, 7) is 2.74. The number of carbonyl (C=O) groups excluding carboxylic acids is 1. The standard InChI is InChI=1S/C11H15N3O2/c12-11(16)14-6-4-13(5-7-14)9-2-1-3-10(15)8-9/h1-3,8,15H,4-7H2,(H2,12,16). The molecule has 0 saturated carbocycles. The molecule has 0 aliphatic carbocycles. The molecule has 1 fully saturated rings. The summed E-state index contributed by atoms with van der Waals surface area (Å²) in [5.74, 6) is 0.259. The molecule has 1 aliphatic heterocycles. The summed E-state index contributed by atoms with van der Waals surface area (Å²) in [5.41, 5.74) is 6.18. The summed E-state index contributed by atoms with van der Waals surface area (Å²) in [6.07, 6.45) is 0. The number of hydrogen-bond acceptors (Lipinski definition) is 3. The van der Waals surface area contributed by atoms with E-state index in [9.17, 15) is 9.90 Å². The second kappa shape index (κ2) is 4.30. The van der Waals surface area contributed by atoms with E-state index >= 15 is 0 Å². The van der Waals surface area contributed by atoms with Crippen LogP contribution in [0.25, 0.3) is 0 Å². The van der Waals surface area contributed by atoms with E-state index in [1.165, 1.54) is 0 Å². The van der Waals surface area contributed by atoms with Gasteiger partial charge in [0, 0.05) is 37.9 Å². The van der Waals surface area contributed by atoms with Crippen molar-refractivity contribution in [1.82, 2.24) is 4.90 Å². The van der Waals surface area contributed by atoms with Crippen LogP contribution in [-0.4, -0.2) is 42.2 Å². The van der Waals surface area contributed by atoms with Gasteiger partial charge in [-0.15, -0.1) is 0 Å². The number of hydrogen-bond donors (Lipinski definition) is 2. The number of phenols is 1. The van der Waals surface area contributed by atoms with E-state index in [1.54, 1.807) is 17.0 Å². The lowest BCUT2D eigenvalue weighted by Crippen LogP contribution is -2.50. The molecule has 0 bridgehead atoms. The number of aromatic hydroxyl groups is 1. The van der Waals surface area contributed by atoms with E-state index in [0.717, 1.165) is 18.8 Å². The molecule has 1 saturated heterocycles. The fraction of sp³-hybridized carbons (Fsp3) is 0.364. The van der Waals surface area contributed by atoms with Crippen molar-refractivity contribution in [2.24, 2.45) is 5.73 Å². The number of carbonyl (C=O) groups is 1. The van der Waals surface area contributed by atoms with E-state index in [2.05, 4.69) is 4.90 Å². The van der Waals surface area contributed by atoms with Gasteiger partial charge >= 0.3 is 6.03 Å². The topological polar surface area (TPSA) is 69.8 Å². The van der Waals surface area contributed by atoms with Gasteiger partial charge in [-0.05, 0) is 12.1 Å². The lowest BCUT2D eigenvalue weighted by Gasteiger charge is -2.35. The Hall–Kier alpha value is -1.91. The minimum atomic E-state index is -0.365. The van der Waals surface area contributed by atoms with Crippen molar-refractivity contribution in [2.45, 2.75) is 0 Å². The highest BCUT2D eigenvalue weighted by molar-refractivity contribution is 5.72. The fourth-order valence-corrected chi connectivity index (χ4v) is 1.87. The smallest absolute Gasteiger partial charge is 0.314 e. The molecule has 3 N–H and O–H groups in total. The molecule has 16 heavy (non-hydrogen) atoms. The third kappa shape index (κ3) is 2.18. The van der Waals surface area contributed by atoms with Crippen molar-refractivity contribution in [3.8, 4) is 5.75 Å². The van der Waals surface area contributed by atoms with Crippen molar-refractivity contribution >= 4 is 11.7 Å². The quantitative estimate of drug-likeness (QED) is 0.729. The van der Waals surface area contributed by atoms with Gasteiger partial charge in [-0.2, -0.15) is 0 Å². The fourth-order valence-electron chi connectivity index (χ4n) is 1.87. The number of nitrogens with two attached hydrogens (primary N) is 1. The molecule has 1 aromatic carbocycles. The average Bonchev–Trinajstić information content (AvgIpc) is 2.29. The van der Waals surface area contributed by atoms with Crippen molar-refractivity contribution in [2.75, 3.05) is 31.1 Å². The Labute approximate surface area is 94.1 Å². The minimum Gasteiger partial charge on any atom is -0.508 e. The third-order valence-corrected chi connectivity index (χ3v) is 2.79. The van der Waals surface area contributed by atoms with E-state index in [4.69, 9.17) is 5.73 Å². The van der Waals surface area contributed by atoms with Gasteiger partial charge in [0.1, 0.15) is 5.75 Å². The van der Waals surface area contributed by atoms with Crippen molar-refractivity contribution in [1.29, 1.82) is 0 Å². The van der Waals surface area contributed by atoms with Crippen LogP contribution in [0.1, 0.15) is 0 Å². The van der Waals surface area contributed by atoms with Crippen LogP contribution in [0.2, 0.25) is 0 Å².